The molecule has 0 unspecified atom stereocenters. The first-order chi connectivity index (χ1) is 12.2. The van der Waals surface area contributed by atoms with E-state index in [4.69, 9.17) is 0 Å². The highest BCUT2D eigenvalue weighted by Gasteiger charge is 2.48. The maximum atomic E-state index is 12.2. The maximum absolute atomic E-state index is 12.2. The fraction of sp³-hybridized carbons (Fsp3) is 0.250. The molecule has 0 radical (unpaired) electrons. The molecule has 0 aliphatic rings. The Kier molecular flexibility index (Phi) is 6.19. The van der Waals surface area contributed by atoms with Gasteiger partial charge in [-0.25, -0.2) is 4.98 Å². The minimum atomic E-state index is -5.77. The van der Waals surface area contributed by atoms with Gasteiger partial charge in [-0.1, -0.05) is 30.3 Å². The van der Waals surface area contributed by atoms with Gasteiger partial charge in [0.15, 0.2) is 5.75 Å². The Morgan fingerprint density at radius 1 is 1.12 bits per heavy atom. The largest absolute Gasteiger partial charge is 0.534 e. The van der Waals surface area contributed by atoms with Gasteiger partial charge in [-0.15, -0.1) is 0 Å². The molecule has 140 valence electrons. The number of pyridine rings is 1. The molecule has 0 saturated carbocycles. The lowest BCUT2D eigenvalue weighted by Gasteiger charge is -2.09. The number of nitrogens with one attached hydrogen (secondary N) is 1. The first-order valence-corrected chi connectivity index (χ1v) is 8.89. The maximum Gasteiger partial charge on any atom is 0.534 e. The van der Waals surface area contributed by atoms with Crippen LogP contribution in [0.1, 0.15) is 22.5 Å². The summed E-state index contributed by atoms with van der Waals surface area (Å²) >= 11 is 0. The van der Waals surface area contributed by atoms with Crippen LogP contribution >= 0.6 is 0 Å². The van der Waals surface area contributed by atoms with Gasteiger partial charge in [0.25, 0.3) is 5.91 Å². The third kappa shape index (κ3) is 5.45. The van der Waals surface area contributed by atoms with Crippen molar-refractivity contribution in [2.24, 2.45) is 0 Å². The molecule has 0 aliphatic heterocycles. The van der Waals surface area contributed by atoms with Gasteiger partial charge in [0.1, 0.15) is 5.69 Å². The first-order valence-electron chi connectivity index (χ1n) is 7.48. The zero-order valence-electron chi connectivity index (χ0n) is 13.4. The lowest BCUT2D eigenvalue weighted by molar-refractivity contribution is -0.0500. The lowest BCUT2D eigenvalue weighted by Crippen LogP contribution is -2.28. The number of benzene rings is 1. The smallest absolute Gasteiger partial charge is 0.374 e. The van der Waals surface area contributed by atoms with Gasteiger partial charge in [0.2, 0.25) is 0 Å². The van der Waals surface area contributed by atoms with Crippen LogP contribution in [0.3, 0.4) is 0 Å². The molecule has 2 aromatic rings. The molecule has 2 rings (SSSR count). The number of hydrogen-bond acceptors (Lipinski definition) is 5. The second kappa shape index (κ2) is 8.17. The molecule has 0 bridgehead atoms. The molecule has 0 saturated heterocycles. The van der Waals surface area contributed by atoms with Gasteiger partial charge in [0, 0.05) is 6.54 Å². The van der Waals surface area contributed by atoms with Crippen molar-refractivity contribution in [1.82, 2.24) is 10.3 Å². The van der Waals surface area contributed by atoms with Crippen molar-refractivity contribution in [1.29, 1.82) is 0 Å². The van der Waals surface area contributed by atoms with Gasteiger partial charge >= 0.3 is 15.6 Å². The fourth-order valence-electron chi connectivity index (χ4n) is 1.97. The Morgan fingerprint density at radius 3 is 2.38 bits per heavy atom. The average Bonchev–Trinajstić information content (AvgIpc) is 2.59. The molecular weight excluding hydrogens is 373 g/mol. The molecule has 0 spiro atoms. The Morgan fingerprint density at radius 2 is 1.81 bits per heavy atom. The molecule has 1 aromatic heterocycles. The Balaban J connectivity index is 1.85. The predicted octanol–water partition coefficient (Wildman–Crippen LogP) is 2.67. The van der Waals surface area contributed by atoms with Crippen LogP contribution in [0.4, 0.5) is 13.2 Å². The van der Waals surface area contributed by atoms with E-state index in [1.54, 1.807) is 0 Å². The number of carbonyl (C=O) groups is 1. The quantitative estimate of drug-likeness (QED) is 0.448. The second-order valence-electron chi connectivity index (χ2n) is 5.21. The number of rotatable bonds is 7. The monoisotopic (exact) mass is 388 g/mol. The number of amides is 1. The summed E-state index contributed by atoms with van der Waals surface area (Å²) in [6.45, 7) is 0.385. The van der Waals surface area contributed by atoms with E-state index in [0.717, 1.165) is 30.3 Å². The van der Waals surface area contributed by atoms with Crippen LogP contribution in [0.5, 0.6) is 5.75 Å². The molecule has 1 amide bonds. The van der Waals surface area contributed by atoms with E-state index >= 15 is 0 Å². The minimum Gasteiger partial charge on any atom is -0.374 e. The highest BCUT2D eigenvalue weighted by molar-refractivity contribution is 7.87. The van der Waals surface area contributed by atoms with Crippen LogP contribution in [0.2, 0.25) is 0 Å². The molecule has 1 heterocycles. The van der Waals surface area contributed by atoms with E-state index in [1.165, 1.54) is 0 Å². The molecule has 10 heteroatoms. The molecule has 0 aliphatic carbocycles. The van der Waals surface area contributed by atoms with Gasteiger partial charge in [-0.2, -0.15) is 21.6 Å². The average molecular weight is 388 g/mol. The summed E-state index contributed by atoms with van der Waals surface area (Å²) in [6.07, 6.45) is 2.21. The number of aromatic nitrogens is 1. The van der Waals surface area contributed by atoms with Crippen molar-refractivity contribution >= 4 is 16.0 Å². The van der Waals surface area contributed by atoms with Crippen molar-refractivity contribution in [3.8, 4) is 5.75 Å². The highest BCUT2D eigenvalue weighted by atomic mass is 32.2. The third-order valence-electron chi connectivity index (χ3n) is 3.23. The van der Waals surface area contributed by atoms with E-state index < -0.39 is 27.3 Å². The highest BCUT2D eigenvalue weighted by Crippen LogP contribution is 2.26. The third-order valence-corrected chi connectivity index (χ3v) is 4.21. The van der Waals surface area contributed by atoms with Crippen molar-refractivity contribution in [3.05, 3.63) is 59.9 Å². The molecule has 1 aromatic carbocycles. The number of hydrogen-bond donors (Lipinski definition) is 1. The topological polar surface area (TPSA) is 85.4 Å². The standard InChI is InChI=1S/C16H15F3N2O4S/c17-16(18,19)26(23,24)25-13-8-9-14(21-11-13)15(22)20-10-4-7-12-5-2-1-3-6-12/h1-3,5-6,8-9,11H,4,7,10H2,(H,20,22). The summed E-state index contributed by atoms with van der Waals surface area (Å²) in [7, 11) is -5.77. The first kappa shape index (κ1) is 19.7. The number of carbonyl (C=O) groups excluding carboxylic acids is 1. The van der Waals surface area contributed by atoms with Crippen molar-refractivity contribution in [2.75, 3.05) is 6.54 Å². The summed E-state index contributed by atoms with van der Waals surface area (Å²) in [5, 5.41) is 2.62. The van der Waals surface area contributed by atoms with Crippen LogP contribution in [-0.4, -0.2) is 31.4 Å². The summed E-state index contributed by atoms with van der Waals surface area (Å²) < 4.78 is 62.3. The van der Waals surface area contributed by atoms with Gasteiger partial charge < -0.3 is 9.50 Å². The van der Waals surface area contributed by atoms with Gasteiger partial charge in [-0.3, -0.25) is 4.79 Å². The fourth-order valence-corrected chi connectivity index (χ4v) is 2.41. The lowest BCUT2D eigenvalue weighted by atomic mass is 10.1. The van der Waals surface area contributed by atoms with Gasteiger partial charge in [-0.05, 0) is 30.5 Å². The van der Waals surface area contributed by atoms with Crippen LogP contribution < -0.4 is 9.50 Å². The van der Waals surface area contributed by atoms with E-state index in [1.807, 2.05) is 30.3 Å². The Hall–Kier alpha value is -2.62. The molecule has 0 fully saturated rings. The number of halogens is 3. The van der Waals surface area contributed by atoms with Crippen LogP contribution in [-0.2, 0) is 16.5 Å². The SMILES string of the molecule is O=C(NCCCc1ccccc1)c1ccc(OS(=O)(=O)C(F)(F)F)cn1. The predicted molar refractivity (Wildman–Crippen MR) is 86.9 cm³/mol. The molecular formula is C16H15F3N2O4S. The summed E-state index contributed by atoms with van der Waals surface area (Å²) in [4.78, 5) is 15.5. The van der Waals surface area contributed by atoms with Crippen LogP contribution in [0.25, 0.3) is 0 Å². The van der Waals surface area contributed by atoms with E-state index in [2.05, 4.69) is 14.5 Å². The second-order valence-corrected chi connectivity index (χ2v) is 6.75. The van der Waals surface area contributed by atoms with E-state index in [0.29, 0.717) is 13.0 Å². The minimum absolute atomic E-state index is 0.0681. The zero-order valence-corrected chi connectivity index (χ0v) is 14.2. The summed E-state index contributed by atoms with van der Waals surface area (Å²) in [6, 6.07) is 11.7. The summed E-state index contributed by atoms with van der Waals surface area (Å²) in [5.41, 5.74) is -4.48. The number of aryl methyl sites for hydroxylation is 1. The van der Waals surface area contributed by atoms with Crippen LogP contribution in [0, 0.1) is 0 Å². The zero-order chi connectivity index (χ0) is 19.2. The van der Waals surface area contributed by atoms with E-state index in [-0.39, 0.29) is 5.69 Å². The Labute approximate surface area is 148 Å². The number of nitrogens with zero attached hydrogens (tertiary/aromatic N) is 1. The van der Waals surface area contributed by atoms with E-state index in [9.17, 15) is 26.4 Å². The van der Waals surface area contributed by atoms with Crippen molar-refractivity contribution in [3.63, 3.8) is 0 Å². The molecule has 0 atom stereocenters. The molecule has 26 heavy (non-hydrogen) atoms. The van der Waals surface area contributed by atoms with Gasteiger partial charge in [0.05, 0.1) is 6.20 Å². The molecule has 1 N–H and O–H groups in total. The Bertz CT molecular complexity index is 838. The number of alkyl halides is 3. The van der Waals surface area contributed by atoms with Crippen molar-refractivity contribution in [2.45, 2.75) is 18.3 Å². The van der Waals surface area contributed by atoms with Crippen LogP contribution in [0.15, 0.2) is 48.7 Å². The summed E-state index contributed by atoms with van der Waals surface area (Å²) in [5.74, 6) is -1.16. The van der Waals surface area contributed by atoms with Crippen molar-refractivity contribution < 1.29 is 30.6 Å². The normalized spacial score (nSPS) is 11.8. The molecule has 6 nitrogen and oxygen atoms in total.